The van der Waals surface area contributed by atoms with Crippen LogP contribution in [0.3, 0.4) is 0 Å². The van der Waals surface area contributed by atoms with Crippen molar-refractivity contribution in [2.75, 3.05) is 31.5 Å². The molecule has 1 aliphatic heterocycles. The van der Waals surface area contributed by atoms with Gasteiger partial charge in [0.15, 0.2) is 0 Å². The Morgan fingerprint density at radius 1 is 0.885 bits per heavy atom. The van der Waals surface area contributed by atoms with Gasteiger partial charge in [-0.25, -0.2) is 4.79 Å². The van der Waals surface area contributed by atoms with Crippen LogP contribution < -0.4 is 5.32 Å². The fourth-order valence-electron chi connectivity index (χ4n) is 3.09. The van der Waals surface area contributed by atoms with Gasteiger partial charge in [-0.1, -0.05) is 48.0 Å². The number of hydrogen-bond donors (Lipinski definition) is 1. The number of rotatable bonds is 3. The first-order valence-corrected chi connectivity index (χ1v) is 9.06. The molecule has 0 bridgehead atoms. The summed E-state index contributed by atoms with van der Waals surface area (Å²) in [6, 6.07) is 17.4. The van der Waals surface area contributed by atoms with Crippen molar-refractivity contribution in [1.82, 2.24) is 9.80 Å². The number of carbonyl (C=O) groups excluding carboxylic acids is 2. The first-order chi connectivity index (χ1) is 12.6. The number of anilines is 1. The van der Waals surface area contributed by atoms with Gasteiger partial charge < -0.3 is 15.1 Å². The van der Waals surface area contributed by atoms with Crippen molar-refractivity contribution in [3.63, 3.8) is 0 Å². The molecule has 1 saturated heterocycles. The zero-order valence-corrected chi connectivity index (χ0v) is 15.1. The van der Waals surface area contributed by atoms with Crippen LogP contribution in [0.15, 0.2) is 54.6 Å². The number of nitrogens with one attached hydrogen (secondary N) is 1. The summed E-state index contributed by atoms with van der Waals surface area (Å²) < 4.78 is 0. The molecule has 0 unspecified atom stereocenters. The first-order valence-electron chi connectivity index (χ1n) is 9.06. The number of urea groups is 1. The Kier molecular flexibility index (Phi) is 5.89. The highest BCUT2D eigenvalue weighted by Crippen LogP contribution is 2.11. The molecule has 0 aromatic heterocycles. The Morgan fingerprint density at radius 2 is 1.54 bits per heavy atom. The largest absolute Gasteiger partial charge is 0.341 e. The van der Waals surface area contributed by atoms with Crippen LogP contribution in [0, 0.1) is 6.92 Å². The van der Waals surface area contributed by atoms with E-state index in [1.807, 2.05) is 66.4 Å². The van der Waals surface area contributed by atoms with Crippen LogP contribution in [-0.4, -0.2) is 47.9 Å². The molecule has 0 aliphatic carbocycles. The lowest BCUT2D eigenvalue weighted by molar-refractivity contribution is -0.130. The lowest BCUT2D eigenvalue weighted by Gasteiger charge is -2.22. The Hall–Kier alpha value is -2.82. The first kappa shape index (κ1) is 18.0. The molecule has 5 heteroatoms. The number of carbonyl (C=O) groups is 2. The van der Waals surface area contributed by atoms with Gasteiger partial charge in [-0.3, -0.25) is 4.79 Å². The van der Waals surface area contributed by atoms with Gasteiger partial charge in [-0.15, -0.1) is 0 Å². The molecule has 1 heterocycles. The zero-order valence-electron chi connectivity index (χ0n) is 15.1. The van der Waals surface area contributed by atoms with Gasteiger partial charge in [0.05, 0.1) is 6.42 Å². The van der Waals surface area contributed by atoms with E-state index < -0.39 is 0 Å². The standard InChI is InChI=1S/C21H25N3O2/c1-17-8-10-18(11-9-17)16-20(25)23-12-5-13-24(15-14-23)21(26)22-19-6-3-2-4-7-19/h2-4,6-11H,5,12-16H2,1H3,(H,22,26). The van der Waals surface area contributed by atoms with Crippen LogP contribution >= 0.6 is 0 Å². The van der Waals surface area contributed by atoms with Crippen molar-refractivity contribution >= 4 is 17.6 Å². The molecule has 1 N–H and O–H groups in total. The molecule has 0 saturated carbocycles. The summed E-state index contributed by atoms with van der Waals surface area (Å²) in [6.45, 7) is 4.52. The van der Waals surface area contributed by atoms with E-state index >= 15 is 0 Å². The topological polar surface area (TPSA) is 52.7 Å². The summed E-state index contributed by atoms with van der Waals surface area (Å²) in [5, 5.41) is 2.91. The fourth-order valence-corrected chi connectivity index (χ4v) is 3.09. The van der Waals surface area contributed by atoms with E-state index in [9.17, 15) is 9.59 Å². The van der Waals surface area contributed by atoms with Gasteiger partial charge in [0, 0.05) is 31.9 Å². The summed E-state index contributed by atoms with van der Waals surface area (Å²) in [4.78, 5) is 28.7. The highest BCUT2D eigenvalue weighted by Gasteiger charge is 2.22. The van der Waals surface area contributed by atoms with Crippen molar-refractivity contribution in [3.8, 4) is 0 Å². The normalized spacial score (nSPS) is 14.7. The molecule has 1 fully saturated rings. The zero-order chi connectivity index (χ0) is 18.4. The van der Waals surface area contributed by atoms with Gasteiger partial charge in [0.2, 0.25) is 5.91 Å². The number of nitrogens with zero attached hydrogens (tertiary/aromatic N) is 2. The second-order valence-electron chi connectivity index (χ2n) is 6.68. The molecule has 2 aromatic rings. The smallest absolute Gasteiger partial charge is 0.321 e. The number of amides is 3. The molecular weight excluding hydrogens is 326 g/mol. The molecule has 26 heavy (non-hydrogen) atoms. The van der Waals surface area contributed by atoms with Crippen molar-refractivity contribution in [2.45, 2.75) is 19.8 Å². The maximum Gasteiger partial charge on any atom is 0.321 e. The van der Waals surface area contributed by atoms with Crippen molar-refractivity contribution in [3.05, 3.63) is 65.7 Å². The van der Waals surface area contributed by atoms with Crippen LogP contribution in [0.25, 0.3) is 0 Å². The molecule has 0 atom stereocenters. The number of aryl methyl sites for hydroxylation is 1. The molecule has 2 aromatic carbocycles. The second-order valence-corrected chi connectivity index (χ2v) is 6.68. The molecule has 3 rings (SSSR count). The highest BCUT2D eigenvalue weighted by molar-refractivity contribution is 5.89. The van der Waals surface area contributed by atoms with Gasteiger partial charge in [0.1, 0.15) is 0 Å². The van der Waals surface area contributed by atoms with E-state index in [1.54, 1.807) is 4.90 Å². The maximum atomic E-state index is 12.6. The molecule has 0 radical (unpaired) electrons. The predicted molar refractivity (Wildman–Crippen MR) is 103 cm³/mol. The number of hydrogen-bond acceptors (Lipinski definition) is 2. The Bertz CT molecular complexity index is 744. The minimum atomic E-state index is -0.107. The van der Waals surface area contributed by atoms with Gasteiger partial charge in [0.25, 0.3) is 0 Å². The number of para-hydroxylation sites is 1. The van der Waals surface area contributed by atoms with E-state index in [4.69, 9.17) is 0 Å². The minimum Gasteiger partial charge on any atom is -0.341 e. The lowest BCUT2D eigenvalue weighted by Crippen LogP contribution is -2.39. The Balaban J connectivity index is 1.53. The average molecular weight is 351 g/mol. The van der Waals surface area contributed by atoms with E-state index in [-0.39, 0.29) is 11.9 Å². The van der Waals surface area contributed by atoms with Gasteiger partial charge >= 0.3 is 6.03 Å². The molecule has 1 aliphatic rings. The van der Waals surface area contributed by atoms with Crippen LogP contribution in [-0.2, 0) is 11.2 Å². The summed E-state index contributed by atoms with van der Waals surface area (Å²) in [5.41, 5.74) is 3.01. The third-order valence-corrected chi connectivity index (χ3v) is 4.64. The number of benzene rings is 2. The van der Waals surface area contributed by atoms with Crippen LogP contribution in [0.1, 0.15) is 17.5 Å². The Labute approximate surface area is 154 Å². The van der Waals surface area contributed by atoms with E-state index in [1.165, 1.54) is 5.56 Å². The highest BCUT2D eigenvalue weighted by atomic mass is 16.2. The Morgan fingerprint density at radius 3 is 2.27 bits per heavy atom. The van der Waals surface area contributed by atoms with Crippen molar-refractivity contribution in [1.29, 1.82) is 0 Å². The minimum absolute atomic E-state index is 0.107. The summed E-state index contributed by atoms with van der Waals surface area (Å²) in [7, 11) is 0. The van der Waals surface area contributed by atoms with E-state index in [0.717, 1.165) is 17.7 Å². The van der Waals surface area contributed by atoms with E-state index in [2.05, 4.69) is 5.32 Å². The molecule has 3 amide bonds. The van der Waals surface area contributed by atoms with Crippen LogP contribution in [0.4, 0.5) is 10.5 Å². The quantitative estimate of drug-likeness (QED) is 0.922. The summed E-state index contributed by atoms with van der Waals surface area (Å²) in [6.07, 6.45) is 1.21. The molecule has 136 valence electrons. The third-order valence-electron chi connectivity index (χ3n) is 4.64. The van der Waals surface area contributed by atoms with Gasteiger partial charge in [-0.05, 0) is 31.0 Å². The van der Waals surface area contributed by atoms with Crippen LogP contribution in [0.5, 0.6) is 0 Å². The van der Waals surface area contributed by atoms with Crippen molar-refractivity contribution in [2.24, 2.45) is 0 Å². The predicted octanol–water partition coefficient (Wildman–Crippen LogP) is 3.30. The monoisotopic (exact) mass is 351 g/mol. The van der Waals surface area contributed by atoms with E-state index in [0.29, 0.717) is 32.6 Å². The lowest BCUT2D eigenvalue weighted by atomic mass is 10.1. The van der Waals surface area contributed by atoms with Crippen LogP contribution in [0.2, 0.25) is 0 Å². The third kappa shape index (κ3) is 4.85. The van der Waals surface area contributed by atoms with Crippen molar-refractivity contribution < 1.29 is 9.59 Å². The summed E-state index contributed by atoms with van der Waals surface area (Å²) >= 11 is 0. The average Bonchev–Trinajstić information content (AvgIpc) is 2.91. The SMILES string of the molecule is Cc1ccc(CC(=O)N2CCCN(C(=O)Nc3ccccc3)CC2)cc1. The summed E-state index contributed by atoms with van der Waals surface area (Å²) in [5.74, 6) is 0.124. The molecule has 0 spiro atoms. The molecule has 5 nitrogen and oxygen atoms in total. The molecular formula is C21H25N3O2. The second kappa shape index (κ2) is 8.52. The fraction of sp³-hybridized carbons (Fsp3) is 0.333. The maximum absolute atomic E-state index is 12.6. The van der Waals surface area contributed by atoms with Gasteiger partial charge in [-0.2, -0.15) is 0 Å².